The molecule has 0 fully saturated rings. The second-order valence-electron chi connectivity index (χ2n) is 3.36. The first-order valence-corrected chi connectivity index (χ1v) is 5.21. The molecule has 0 rings (SSSR count). The molecular weight excluding hydrogens is 204 g/mol. The van der Waals surface area contributed by atoms with Crippen LogP contribution >= 0.6 is 15.9 Å². The molecule has 68 valence electrons. The SMILES string of the molecule is COCCCC(Br)CC(C)C. The van der Waals surface area contributed by atoms with Gasteiger partial charge >= 0.3 is 0 Å². The molecule has 1 unspecified atom stereocenters. The van der Waals surface area contributed by atoms with E-state index in [1.807, 2.05) is 0 Å². The van der Waals surface area contributed by atoms with Gasteiger partial charge < -0.3 is 4.74 Å². The van der Waals surface area contributed by atoms with Crippen LogP contribution in [0.3, 0.4) is 0 Å². The van der Waals surface area contributed by atoms with Gasteiger partial charge in [-0.2, -0.15) is 0 Å². The standard InChI is InChI=1S/C9H19BrO/c1-8(2)7-9(10)5-4-6-11-3/h8-9H,4-7H2,1-3H3. The van der Waals surface area contributed by atoms with Gasteiger partial charge in [0.1, 0.15) is 0 Å². The van der Waals surface area contributed by atoms with Gasteiger partial charge in [-0.05, 0) is 25.2 Å². The minimum Gasteiger partial charge on any atom is -0.385 e. The predicted molar refractivity (Wildman–Crippen MR) is 53.3 cm³/mol. The van der Waals surface area contributed by atoms with E-state index in [1.54, 1.807) is 7.11 Å². The fraction of sp³-hybridized carbons (Fsp3) is 1.00. The summed E-state index contributed by atoms with van der Waals surface area (Å²) < 4.78 is 4.98. The molecule has 2 heteroatoms. The predicted octanol–water partition coefficient (Wildman–Crippen LogP) is 3.22. The number of hydrogen-bond donors (Lipinski definition) is 0. The number of halogens is 1. The lowest BCUT2D eigenvalue weighted by Gasteiger charge is -2.11. The molecule has 1 nitrogen and oxygen atoms in total. The van der Waals surface area contributed by atoms with Gasteiger partial charge in [-0.3, -0.25) is 0 Å². The van der Waals surface area contributed by atoms with Crippen molar-refractivity contribution in [3.63, 3.8) is 0 Å². The first kappa shape index (κ1) is 11.4. The van der Waals surface area contributed by atoms with Crippen molar-refractivity contribution < 1.29 is 4.74 Å². The summed E-state index contributed by atoms with van der Waals surface area (Å²) in [4.78, 5) is 0.678. The van der Waals surface area contributed by atoms with Crippen molar-refractivity contribution in [2.24, 2.45) is 5.92 Å². The molecule has 0 bridgehead atoms. The number of methoxy groups -OCH3 is 1. The number of rotatable bonds is 6. The number of ether oxygens (including phenoxy) is 1. The molecule has 0 aromatic rings. The topological polar surface area (TPSA) is 9.23 Å². The Morgan fingerprint density at radius 1 is 1.36 bits per heavy atom. The lowest BCUT2D eigenvalue weighted by atomic mass is 10.1. The summed E-state index contributed by atoms with van der Waals surface area (Å²) in [6.45, 7) is 5.40. The largest absolute Gasteiger partial charge is 0.385 e. The molecule has 0 N–H and O–H groups in total. The Kier molecular flexibility index (Phi) is 7.39. The maximum absolute atomic E-state index is 4.98. The highest BCUT2D eigenvalue weighted by Gasteiger charge is 2.05. The maximum Gasteiger partial charge on any atom is 0.0462 e. The Bertz CT molecular complexity index is 83.6. The van der Waals surface area contributed by atoms with Gasteiger partial charge in [0.15, 0.2) is 0 Å². The molecule has 0 heterocycles. The molecule has 0 radical (unpaired) electrons. The van der Waals surface area contributed by atoms with E-state index in [2.05, 4.69) is 29.8 Å². The van der Waals surface area contributed by atoms with E-state index in [0.29, 0.717) is 4.83 Å². The van der Waals surface area contributed by atoms with E-state index in [1.165, 1.54) is 19.3 Å². The van der Waals surface area contributed by atoms with Crippen molar-refractivity contribution in [1.29, 1.82) is 0 Å². The van der Waals surface area contributed by atoms with Crippen LogP contribution < -0.4 is 0 Å². The van der Waals surface area contributed by atoms with E-state index < -0.39 is 0 Å². The Morgan fingerprint density at radius 3 is 2.45 bits per heavy atom. The lowest BCUT2D eigenvalue weighted by Crippen LogP contribution is -2.04. The first-order valence-electron chi connectivity index (χ1n) is 4.29. The van der Waals surface area contributed by atoms with Crippen LogP contribution in [-0.2, 0) is 4.74 Å². The van der Waals surface area contributed by atoms with Crippen molar-refractivity contribution in [2.45, 2.75) is 37.9 Å². The summed E-state index contributed by atoms with van der Waals surface area (Å²) in [5, 5.41) is 0. The molecule has 1 atom stereocenters. The monoisotopic (exact) mass is 222 g/mol. The first-order chi connectivity index (χ1) is 5.16. The van der Waals surface area contributed by atoms with Crippen molar-refractivity contribution in [1.82, 2.24) is 0 Å². The molecule has 0 amide bonds. The summed E-state index contributed by atoms with van der Waals surface area (Å²) in [6, 6.07) is 0. The molecule has 0 aliphatic carbocycles. The van der Waals surface area contributed by atoms with Crippen LogP contribution in [0, 0.1) is 5.92 Å². The van der Waals surface area contributed by atoms with Gasteiger partial charge in [-0.15, -0.1) is 0 Å². The normalized spacial score (nSPS) is 13.9. The lowest BCUT2D eigenvalue weighted by molar-refractivity contribution is 0.192. The Balaban J connectivity index is 3.15. The van der Waals surface area contributed by atoms with Crippen LogP contribution in [0.5, 0.6) is 0 Å². The zero-order chi connectivity index (χ0) is 8.69. The Morgan fingerprint density at radius 2 is 2.00 bits per heavy atom. The quantitative estimate of drug-likeness (QED) is 0.496. The van der Waals surface area contributed by atoms with Gasteiger partial charge in [0, 0.05) is 18.5 Å². The number of alkyl halides is 1. The zero-order valence-corrected chi connectivity index (χ0v) is 9.36. The van der Waals surface area contributed by atoms with Gasteiger partial charge in [0.2, 0.25) is 0 Å². The minimum atomic E-state index is 0.678. The van der Waals surface area contributed by atoms with Crippen LogP contribution in [0.1, 0.15) is 33.1 Å². The third-order valence-corrected chi connectivity index (χ3v) is 2.42. The molecule has 0 saturated heterocycles. The fourth-order valence-electron chi connectivity index (χ4n) is 1.08. The molecule has 0 aromatic carbocycles. The van der Waals surface area contributed by atoms with Crippen LogP contribution in [0.25, 0.3) is 0 Å². The van der Waals surface area contributed by atoms with E-state index in [9.17, 15) is 0 Å². The van der Waals surface area contributed by atoms with Crippen LogP contribution in [0.15, 0.2) is 0 Å². The highest BCUT2D eigenvalue weighted by atomic mass is 79.9. The maximum atomic E-state index is 4.98. The summed E-state index contributed by atoms with van der Waals surface area (Å²) >= 11 is 3.65. The molecule has 0 saturated carbocycles. The van der Waals surface area contributed by atoms with Crippen LogP contribution in [0.4, 0.5) is 0 Å². The summed E-state index contributed by atoms with van der Waals surface area (Å²) in [7, 11) is 1.76. The van der Waals surface area contributed by atoms with Gasteiger partial charge in [0.25, 0.3) is 0 Å². The molecular formula is C9H19BrO. The van der Waals surface area contributed by atoms with Crippen molar-refractivity contribution in [2.75, 3.05) is 13.7 Å². The molecule has 0 aromatic heterocycles. The second-order valence-corrected chi connectivity index (χ2v) is 4.66. The second kappa shape index (κ2) is 7.11. The van der Waals surface area contributed by atoms with E-state index in [4.69, 9.17) is 4.74 Å². The van der Waals surface area contributed by atoms with Crippen molar-refractivity contribution in [3.8, 4) is 0 Å². The van der Waals surface area contributed by atoms with Gasteiger partial charge in [0.05, 0.1) is 0 Å². The van der Waals surface area contributed by atoms with Crippen molar-refractivity contribution in [3.05, 3.63) is 0 Å². The molecule has 0 aliphatic rings. The highest BCUT2D eigenvalue weighted by molar-refractivity contribution is 9.09. The van der Waals surface area contributed by atoms with Gasteiger partial charge in [-0.25, -0.2) is 0 Å². The zero-order valence-electron chi connectivity index (χ0n) is 7.77. The molecule has 0 spiro atoms. The average molecular weight is 223 g/mol. The smallest absolute Gasteiger partial charge is 0.0462 e. The third kappa shape index (κ3) is 8.35. The number of hydrogen-bond acceptors (Lipinski definition) is 1. The van der Waals surface area contributed by atoms with Crippen LogP contribution in [-0.4, -0.2) is 18.5 Å². The highest BCUT2D eigenvalue weighted by Crippen LogP contribution is 2.17. The van der Waals surface area contributed by atoms with Crippen molar-refractivity contribution >= 4 is 15.9 Å². The molecule has 11 heavy (non-hydrogen) atoms. The fourth-order valence-corrected chi connectivity index (χ4v) is 2.15. The third-order valence-electron chi connectivity index (χ3n) is 1.59. The Hall–Kier alpha value is 0.440. The minimum absolute atomic E-state index is 0.678. The van der Waals surface area contributed by atoms with E-state index >= 15 is 0 Å². The van der Waals surface area contributed by atoms with E-state index in [-0.39, 0.29) is 0 Å². The van der Waals surface area contributed by atoms with E-state index in [0.717, 1.165) is 12.5 Å². The summed E-state index contributed by atoms with van der Waals surface area (Å²) in [5.41, 5.74) is 0. The molecule has 0 aliphatic heterocycles. The van der Waals surface area contributed by atoms with Gasteiger partial charge in [-0.1, -0.05) is 29.8 Å². The average Bonchev–Trinajstić information content (AvgIpc) is 1.86. The Labute approximate surface area is 78.6 Å². The summed E-state index contributed by atoms with van der Waals surface area (Å²) in [6.07, 6.45) is 3.66. The van der Waals surface area contributed by atoms with Crippen LogP contribution in [0.2, 0.25) is 0 Å². The summed E-state index contributed by atoms with van der Waals surface area (Å²) in [5.74, 6) is 0.793.